The van der Waals surface area contributed by atoms with Crippen LogP contribution in [0.3, 0.4) is 0 Å². The highest BCUT2D eigenvalue weighted by Gasteiger charge is 2.31. The zero-order valence-electron chi connectivity index (χ0n) is 15.5. The Hall–Kier alpha value is -2.22. The first kappa shape index (κ1) is 18.6. The van der Waals surface area contributed by atoms with Gasteiger partial charge in [0.05, 0.1) is 0 Å². The molecule has 2 N–H and O–H groups in total. The van der Waals surface area contributed by atoms with Crippen molar-refractivity contribution < 1.29 is 10.2 Å². The second kappa shape index (κ2) is 8.93. The van der Waals surface area contributed by atoms with Gasteiger partial charge < -0.3 is 10.2 Å². The minimum Gasteiger partial charge on any atom is -0.508 e. The van der Waals surface area contributed by atoms with Crippen LogP contribution in [0.2, 0.25) is 0 Å². The fourth-order valence-corrected chi connectivity index (χ4v) is 4.08. The first-order chi connectivity index (χ1) is 12.7. The third-order valence-corrected chi connectivity index (χ3v) is 5.61. The van der Waals surface area contributed by atoms with Crippen LogP contribution in [0.4, 0.5) is 0 Å². The van der Waals surface area contributed by atoms with Crippen LogP contribution in [-0.2, 0) is 5.41 Å². The summed E-state index contributed by atoms with van der Waals surface area (Å²) in [5.74, 6) is 0.596. The molecular weight excluding hydrogens is 320 g/mol. The maximum atomic E-state index is 9.75. The van der Waals surface area contributed by atoms with Crippen LogP contribution >= 0.6 is 0 Å². The third kappa shape index (κ3) is 4.49. The molecule has 2 nitrogen and oxygen atoms in total. The Morgan fingerprint density at radius 1 is 0.577 bits per heavy atom. The van der Waals surface area contributed by atoms with Gasteiger partial charge in [0.25, 0.3) is 0 Å². The average molecular weight is 351 g/mol. The molecule has 0 radical (unpaired) electrons. The van der Waals surface area contributed by atoms with E-state index in [1.807, 2.05) is 24.3 Å². The Labute approximate surface area is 157 Å². The normalized spacial score (nSPS) is 19.8. The molecule has 26 heavy (non-hydrogen) atoms. The highest BCUT2D eigenvalue weighted by Crippen LogP contribution is 2.40. The summed E-state index contributed by atoms with van der Waals surface area (Å²) >= 11 is 0. The molecule has 0 atom stereocenters. The van der Waals surface area contributed by atoms with Gasteiger partial charge in [-0.25, -0.2) is 0 Å². The molecule has 0 bridgehead atoms. The molecule has 0 spiro atoms. The van der Waals surface area contributed by atoms with Crippen LogP contribution in [0.15, 0.2) is 60.7 Å². The summed E-state index contributed by atoms with van der Waals surface area (Å²) < 4.78 is 0. The van der Waals surface area contributed by atoms with Crippen molar-refractivity contribution >= 4 is 0 Å². The summed E-state index contributed by atoms with van der Waals surface area (Å²) in [5, 5.41) is 19.5. The number of hydrogen-bond donors (Lipinski definition) is 2. The lowest BCUT2D eigenvalue weighted by Gasteiger charge is -2.33. The molecule has 2 aromatic rings. The Morgan fingerprint density at radius 3 is 1.58 bits per heavy atom. The Kier molecular flexibility index (Phi) is 6.38. The lowest BCUT2D eigenvalue weighted by Crippen LogP contribution is -2.25. The summed E-state index contributed by atoms with van der Waals surface area (Å²) in [5.41, 5.74) is 2.20. The minimum atomic E-state index is -0.208. The molecule has 0 aromatic heterocycles. The van der Waals surface area contributed by atoms with Gasteiger partial charge in [0.2, 0.25) is 0 Å². The second-order valence-corrected chi connectivity index (χ2v) is 7.48. The van der Waals surface area contributed by atoms with Gasteiger partial charge in [-0.3, -0.25) is 0 Å². The number of phenolic OH excluding ortho intramolecular Hbond substituents is 2. The lowest BCUT2D eigenvalue weighted by atomic mass is 9.70. The summed E-state index contributed by atoms with van der Waals surface area (Å²) in [4.78, 5) is 0. The van der Waals surface area contributed by atoms with Crippen LogP contribution in [0, 0.1) is 0 Å². The molecule has 0 aliphatic heterocycles. The van der Waals surface area contributed by atoms with Crippen LogP contribution in [0.25, 0.3) is 0 Å². The van der Waals surface area contributed by atoms with E-state index in [1.54, 1.807) is 24.3 Å². The first-order valence-corrected chi connectivity index (χ1v) is 9.97. The van der Waals surface area contributed by atoms with Crippen molar-refractivity contribution in [2.45, 2.75) is 63.2 Å². The van der Waals surface area contributed by atoms with E-state index < -0.39 is 0 Å². The zero-order chi connectivity index (χ0) is 18.2. The monoisotopic (exact) mass is 350 g/mol. The van der Waals surface area contributed by atoms with Gasteiger partial charge in [-0.05, 0) is 54.7 Å². The van der Waals surface area contributed by atoms with Gasteiger partial charge in [0, 0.05) is 5.41 Å². The van der Waals surface area contributed by atoms with E-state index in [-0.39, 0.29) is 5.41 Å². The van der Waals surface area contributed by atoms with Gasteiger partial charge in [-0.15, -0.1) is 0 Å². The van der Waals surface area contributed by atoms with Crippen molar-refractivity contribution in [1.29, 1.82) is 0 Å². The fourth-order valence-electron chi connectivity index (χ4n) is 4.08. The van der Waals surface area contributed by atoms with Gasteiger partial charge in [-0.1, -0.05) is 74.9 Å². The standard InChI is InChI=1S/C24H30O2/c25-22-14-10-20(11-15-22)24(21-12-16-23(26)17-13-21)18-8-6-4-2-1-3-5-7-9-19-24/h8,10-18,25-26H,1-7,9,19H2/b18-8-. The summed E-state index contributed by atoms with van der Waals surface area (Å²) in [6.45, 7) is 0. The maximum Gasteiger partial charge on any atom is 0.115 e. The second-order valence-electron chi connectivity index (χ2n) is 7.48. The number of hydrogen-bond acceptors (Lipinski definition) is 2. The summed E-state index contributed by atoms with van der Waals surface area (Å²) in [6, 6.07) is 15.3. The van der Waals surface area contributed by atoms with E-state index in [1.165, 1.54) is 56.1 Å². The highest BCUT2D eigenvalue weighted by molar-refractivity contribution is 5.47. The van der Waals surface area contributed by atoms with Crippen molar-refractivity contribution in [2.24, 2.45) is 0 Å². The predicted octanol–water partition coefficient (Wildman–Crippen LogP) is 6.46. The maximum absolute atomic E-state index is 9.75. The molecule has 1 aliphatic rings. The number of benzene rings is 2. The summed E-state index contributed by atoms with van der Waals surface area (Å²) in [6.07, 6.45) is 15.9. The number of allylic oxidation sites excluding steroid dienone is 2. The van der Waals surface area contributed by atoms with Crippen molar-refractivity contribution in [3.05, 3.63) is 71.8 Å². The average Bonchev–Trinajstić information content (AvgIpc) is 2.64. The smallest absolute Gasteiger partial charge is 0.115 e. The first-order valence-electron chi connectivity index (χ1n) is 9.97. The van der Waals surface area contributed by atoms with Crippen LogP contribution in [0.5, 0.6) is 11.5 Å². The quantitative estimate of drug-likeness (QED) is 0.610. The lowest BCUT2D eigenvalue weighted by molar-refractivity contribution is 0.470. The van der Waals surface area contributed by atoms with Gasteiger partial charge >= 0.3 is 0 Å². The van der Waals surface area contributed by atoms with E-state index in [0.29, 0.717) is 11.5 Å². The number of aromatic hydroxyl groups is 2. The van der Waals surface area contributed by atoms with Gasteiger partial charge in [0.1, 0.15) is 11.5 Å². The SMILES string of the molecule is Oc1ccc(C2(c3ccc(O)cc3)/C=C\CCCCCCCCC2)cc1. The zero-order valence-corrected chi connectivity index (χ0v) is 15.5. The van der Waals surface area contributed by atoms with E-state index in [2.05, 4.69) is 12.2 Å². The van der Waals surface area contributed by atoms with Crippen LogP contribution < -0.4 is 0 Å². The minimum absolute atomic E-state index is 0.208. The number of rotatable bonds is 2. The van der Waals surface area contributed by atoms with E-state index in [0.717, 1.165) is 12.8 Å². The largest absolute Gasteiger partial charge is 0.508 e. The molecule has 0 unspecified atom stereocenters. The molecule has 0 heterocycles. The topological polar surface area (TPSA) is 40.5 Å². The molecule has 0 amide bonds. The molecule has 2 aromatic carbocycles. The molecule has 1 aliphatic carbocycles. The molecule has 138 valence electrons. The van der Waals surface area contributed by atoms with Crippen molar-refractivity contribution in [1.82, 2.24) is 0 Å². The van der Waals surface area contributed by atoms with Crippen molar-refractivity contribution in [3.8, 4) is 11.5 Å². The Balaban J connectivity index is 2.04. The number of phenols is 2. The molecule has 0 fully saturated rings. The van der Waals surface area contributed by atoms with E-state index in [4.69, 9.17) is 0 Å². The Morgan fingerprint density at radius 2 is 1.04 bits per heavy atom. The third-order valence-electron chi connectivity index (χ3n) is 5.61. The van der Waals surface area contributed by atoms with E-state index >= 15 is 0 Å². The molecular formula is C24H30O2. The summed E-state index contributed by atoms with van der Waals surface area (Å²) in [7, 11) is 0. The highest BCUT2D eigenvalue weighted by atomic mass is 16.3. The van der Waals surface area contributed by atoms with E-state index in [9.17, 15) is 10.2 Å². The van der Waals surface area contributed by atoms with Crippen molar-refractivity contribution in [3.63, 3.8) is 0 Å². The van der Waals surface area contributed by atoms with Gasteiger partial charge in [-0.2, -0.15) is 0 Å². The van der Waals surface area contributed by atoms with Gasteiger partial charge in [0.15, 0.2) is 0 Å². The molecule has 2 heteroatoms. The molecule has 0 saturated heterocycles. The fraction of sp³-hybridized carbons (Fsp3) is 0.417. The Bertz CT molecular complexity index is 652. The van der Waals surface area contributed by atoms with Crippen LogP contribution in [-0.4, -0.2) is 10.2 Å². The van der Waals surface area contributed by atoms with Crippen LogP contribution in [0.1, 0.15) is 68.9 Å². The van der Waals surface area contributed by atoms with Crippen molar-refractivity contribution in [2.75, 3.05) is 0 Å². The molecule has 3 rings (SSSR count). The molecule has 0 saturated carbocycles. The predicted molar refractivity (Wildman–Crippen MR) is 108 cm³/mol.